The van der Waals surface area contributed by atoms with Crippen molar-refractivity contribution in [3.63, 3.8) is 0 Å². The molecule has 0 radical (unpaired) electrons. The topological polar surface area (TPSA) is 74.8 Å². The Morgan fingerprint density at radius 3 is 1.09 bits per heavy atom. The number of nitrogens with zero attached hydrogens (tertiary/aromatic N) is 9. The first-order valence-electron chi connectivity index (χ1n) is 35.9. The number of rotatable bonds is 10. The molecule has 12 rings (SSSR count). The summed E-state index contributed by atoms with van der Waals surface area (Å²) in [5.74, 6) is 0. The molecule has 9 nitrogen and oxygen atoms in total. The summed E-state index contributed by atoms with van der Waals surface area (Å²) in [7, 11) is 14.5. The van der Waals surface area contributed by atoms with E-state index in [1.807, 2.05) is 208 Å². The van der Waals surface area contributed by atoms with Crippen LogP contribution in [-0.4, -0.2) is 89.8 Å². The van der Waals surface area contributed by atoms with E-state index in [9.17, 15) is 0 Å². The first-order valence-corrected chi connectivity index (χ1v) is 35.9. The smallest absolute Gasteiger partial charge is 0.0669 e. The van der Waals surface area contributed by atoms with E-state index in [2.05, 4.69) is 238 Å². The van der Waals surface area contributed by atoms with E-state index >= 15 is 0 Å². The van der Waals surface area contributed by atoms with Gasteiger partial charge in [0.15, 0.2) is 0 Å². The molecule has 0 unspecified atom stereocenters. The maximum Gasteiger partial charge on any atom is 0.0669 e. The molecular formula is C94H143N9-2. The number of allylic oxidation sites excluding steroid dienone is 9. The third-order valence-electron chi connectivity index (χ3n) is 14.4. The summed E-state index contributed by atoms with van der Waals surface area (Å²) in [5, 5.41) is 0. The van der Waals surface area contributed by atoms with E-state index in [4.69, 9.17) is 9.98 Å². The largest absolute Gasteiger partial charge is 0.378 e. The Bertz CT molecular complexity index is 3460. The molecule has 5 aliphatic rings. The zero-order valence-electron chi connectivity index (χ0n) is 66.2. The molecule has 0 aromatic heterocycles. The van der Waals surface area contributed by atoms with Crippen LogP contribution in [0.3, 0.4) is 0 Å². The Labute approximate surface area is 634 Å². The first kappa shape index (κ1) is 105. The van der Waals surface area contributed by atoms with E-state index in [0.29, 0.717) is 6.04 Å². The van der Waals surface area contributed by atoms with Crippen LogP contribution in [-0.2, 0) is 19.3 Å². The van der Waals surface area contributed by atoms with Gasteiger partial charge in [-0.2, -0.15) is 0 Å². The molecule has 103 heavy (non-hydrogen) atoms. The minimum Gasteiger partial charge on any atom is -0.378 e. The third-order valence-corrected chi connectivity index (χ3v) is 14.4. The molecule has 0 saturated heterocycles. The van der Waals surface area contributed by atoms with Crippen molar-refractivity contribution in [2.75, 3.05) is 64.0 Å². The molecular weight excluding hydrogens is 1260 g/mol. The zero-order valence-corrected chi connectivity index (χ0v) is 66.2. The summed E-state index contributed by atoms with van der Waals surface area (Å²) in [6.45, 7) is 36.0. The highest BCUT2D eigenvalue weighted by atomic mass is 15.1. The Morgan fingerprint density at radius 2 is 0.748 bits per heavy atom. The van der Waals surface area contributed by atoms with Crippen LogP contribution in [0, 0.1) is 14.9 Å². The summed E-state index contributed by atoms with van der Waals surface area (Å²) >= 11 is 0. The molecule has 0 N–H and O–H groups in total. The van der Waals surface area contributed by atoms with Gasteiger partial charge in [0.1, 0.15) is 0 Å². The Hall–Kier alpha value is -9.31. The highest BCUT2D eigenvalue weighted by molar-refractivity contribution is 6.08. The monoisotopic (exact) mass is 1400 g/mol. The maximum atomic E-state index is 4.74. The van der Waals surface area contributed by atoms with Crippen molar-refractivity contribution < 1.29 is 0 Å². The Balaban J connectivity index is -0.000000300. The Kier molecular flexibility index (Phi) is 62.4. The molecule has 9 heteroatoms. The van der Waals surface area contributed by atoms with Crippen molar-refractivity contribution in [2.45, 2.75) is 180 Å². The van der Waals surface area contributed by atoms with Gasteiger partial charge in [-0.1, -0.05) is 294 Å². The molecule has 0 spiro atoms. The maximum absolute atomic E-state index is 4.74. The quantitative estimate of drug-likeness (QED) is 0.101. The molecule has 2 aliphatic carbocycles. The lowest BCUT2D eigenvalue weighted by Gasteiger charge is -2.19. The van der Waals surface area contributed by atoms with Gasteiger partial charge in [0.25, 0.3) is 0 Å². The fourth-order valence-corrected chi connectivity index (χ4v) is 9.68. The van der Waals surface area contributed by atoms with Crippen molar-refractivity contribution in [3.05, 3.63) is 295 Å². The molecule has 0 atom stereocenters. The van der Waals surface area contributed by atoms with Crippen LogP contribution < -0.4 is 14.7 Å². The van der Waals surface area contributed by atoms with Gasteiger partial charge < -0.3 is 29.6 Å². The zero-order chi connectivity index (χ0) is 72.7. The van der Waals surface area contributed by atoms with Gasteiger partial charge in [0.05, 0.1) is 39.9 Å². The lowest BCUT2D eigenvalue weighted by molar-refractivity contribution is 0.390. The van der Waals surface area contributed by atoms with Crippen molar-refractivity contribution in [1.29, 1.82) is 0 Å². The Morgan fingerprint density at radius 1 is 0.398 bits per heavy atom. The number of fused-ring (bicyclic) bond motifs is 3. The molecule has 3 aliphatic heterocycles. The number of anilines is 3. The molecule has 0 saturated carbocycles. The van der Waals surface area contributed by atoms with Crippen molar-refractivity contribution in [2.24, 2.45) is 25.0 Å². The summed E-state index contributed by atoms with van der Waals surface area (Å²) in [6, 6.07) is 58.9. The van der Waals surface area contributed by atoms with E-state index in [-0.39, 0.29) is 44.6 Å². The summed E-state index contributed by atoms with van der Waals surface area (Å²) in [4.78, 5) is 31.9. The highest BCUT2D eigenvalue weighted by Gasteiger charge is 2.23. The van der Waals surface area contributed by atoms with Gasteiger partial charge in [-0.25, -0.2) is 0 Å². The average molecular weight is 1400 g/mol. The van der Waals surface area contributed by atoms with Crippen LogP contribution in [0.15, 0.2) is 266 Å². The van der Waals surface area contributed by atoms with Crippen molar-refractivity contribution in [3.8, 4) is 0 Å². The van der Waals surface area contributed by atoms with Gasteiger partial charge in [-0.15, -0.1) is 0 Å². The summed E-state index contributed by atoms with van der Waals surface area (Å²) < 4.78 is 0. The number of para-hydroxylation sites is 3. The second-order valence-electron chi connectivity index (χ2n) is 20.6. The van der Waals surface area contributed by atoms with E-state index < -0.39 is 0 Å². The molecule has 566 valence electrons. The molecule has 3 heterocycles. The predicted octanol–water partition coefficient (Wildman–Crippen LogP) is 27.5. The molecule has 0 amide bonds. The number of likely N-dealkylation sites (N-methyl/N-ethyl adjacent to an activating group) is 2. The lowest BCUT2D eigenvalue weighted by Crippen LogP contribution is -2.24. The number of aliphatic imine (C=N–C) groups is 5. The summed E-state index contributed by atoms with van der Waals surface area (Å²) in [5.41, 5.74) is 23.2. The van der Waals surface area contributed by atoms with E-state index in [1.165, 1.54) is 45.0 Å². The van der Waals surface area contributed by atoms with E-state index in [1.54, 1.807) is 0 Å². The van der Waals surface area contributed by atoms with Gasteiger partial charge in [0, 0.05) is 102 Å². The number of hydrogen-bond donors (Lipinski definition) is 0. The van der Waals surface area contributed by atoms with Crippen LogP contribution in [0.25, 0.3) is 0 Å². The predicted molar refractivity (Wildman–Crippen MR) is 479 cm³/mol. The van der Waals surface area contributed by atoms with Gasteiger partial charge in [-0.3, -0.25) is 29.9 Å². The molecule has 7 aromatic rings. The fraction of sp³-hybridized carbons (Fsp3) is 0.351. The molecule has 0 bridgehead atoms. The minimum atomic E-state index is 0. The minimum absolute atomic E-state index is 0. The third kappa shape index (κ3) is 33.6. The van der Waals surface area contributed by atoms with Crippen LogP contribution in [0.5, 0.6) is 0 Å². The second kappa shape index (κ2) is 61.4. The fourth-order valence-electron chi connectivity index (χ4n) is 9.68. The lowest BCUT2D eigenvalue weighted by atomic mass is 10.0. The van der Waals surface area contributed by atoms with Crippen LogP contribution in [0.2, 0.25) is 0 Å². The molecule has 0 fully saturated rings. The number of benzene rings is 7. The van der Waals surface area contributed by atoms with Crippen molar-refractivity contribution >= 4 is 69.4 Å². The standard InChI is InChI=1S/C24H25N3.2C23H21N3.9C2H6.4CH4.2CH3/c1-26(2)22-14-8-18(9-15-22)17-25-21-12-10-19(11-13-21)24-16-20-6-4-5-7-23(20)27(24)3;2*1-26(2)21-13-7-17(8-14-21)16-24-20-11-9-18(10-12-20)23-15-19-5-3-4-6-22(19)25-23;9*1-2;;;;;;/h4-15,17,22H,16H2,1-3H3;2*3-14,16H,15H2,1-2H3;9*1-2H3;4*1H4;2*1H3/q;;;;;;;;;;;;;;;;2*-1. The molecule has 7 aromatic carbocycles. The van der Waals surface area contributed by atoms with Crippen molar-refractivity contribution in [1.82, 2.24) is 4.90 Å². The van der Waals surface area contributed by atoms with Gasteiger partial charge >= 0.3 is 0 Å². The van der Waals surface area contributed by atoms with Crippen LogP contribution in [0.1, 0.15) is 193 Å². The van der Waals surface area contributed by atoms with Gasteiger partial charge in [0.2, 0.25) is 0 Å². The first-order chi connectivity index (χ1) is 47.5. The van der Waals surface area contributed by atoms with E-state index in [0.717, 1.165) is 87.0 Å². The normalized spacial score (nSPS) is 12.5. The number of hydrogen-bond acceptors (Lipinski definition) is 9. The van der Waals surface area contributed by atoms with Gasteiger partial charge in [-0.05, 0) is 143 Å². The van der Waals surface area contributed by atoms with Crippen LogP contribution in [0.4, 0.5) is 39.8 Å². The highest BCUT2D eigenvalue weighted by Crippen LogP contribution is 2.36. The van der Waals surface area contributed by atoms with Crippen LogP contribution >= 0.6 is 0 Å². The average Bonchev–Trinajstić information content (AvgIpc) is 1.66. The SMILES string of the molecule is C.C.C.C.CC.CC.CC.CC.CC.CC.CC.CC.CC.CN(C)c1ccc(C=Nc2ccc(C3=Nc4ccccc4C3)cc2)cc1.CN(C)c1ccc(C=Nc2ccc(C3=Nc4ccccc4C3)cc2)cc1.CN1C(=C2C=CC(=NC=C3C=CC(N(C)C)C=C3)C=C2)Cc2ccccc21.[CH3-].[CH3-]. The second-order valence-corrected chi connectivity index (χ2v) is 20.6. The summed E-state index contributed by atoms with van der Waals surface area (Å²) in [6.07, 6.45) is 25.7.